The van der Waals surface area contributed by atoms with E-state index in [2.05, 4.69) is 15.9 Å². The molecular formula is C24H21BrF3NO3. The lowest BCUT2D eigenvalue weighted by molar-refractivity contribution is -0.200. The van der Waals surface area contributed by atoms with Crippen LogP contribution in [0.1, 0.15) is 31.2 Å². The van der Waals surface area contributed by atoms with Crippen LogP contribution >= 0.6 is 15.9 Å². The summed E-state index contributed by atoms with van der Waals surface area (Å²) in [4.78, 5) is 0. The van der Waals surface area contributed by atoms with Gasteiger partial charge in [0.2, 0.25) is 6.10 Å². The molecule has 0 saturated carbocycles. The van der Waals surface area contributed by atoms with E-state index in [0.717, 1.165) is 15.6 Å². The Balaban J connectivity index is 1.86. The van der Waals surface area contributed by atoms with Gasteiger partial charge in [0.1, 0.15) is 5.75 Å². The summed E-state index contributed by atoms with van der Waals surface area (Å²) in [5.41, 5.74) is 3.20. The molecule has 0 N–H and O–H groups in total. The zero-order valence-corrected chi connectivity index (χ0v) is 19.5. The molecule has 5 rings (SSSR count). The highest BCUT2D eigenvalue weighted by molar-refractivity contribution is 9.10. The first kappa shape index (κ1) is 21.2. The largest absolute Gasteiger partial charge is 0.493 e. The molecule has 0 saturated heterocycles. The third kappa shape index (κ3) is 3.03. The summed E-state index contributed by atoms with van der Waals surface area (Å²) in [7, 11) is 3.11. The van der Waals surface area contributed by atoms with Crippen molar-refractivity contribution < 1.29 is 27.4 Å². The minimum Gasteiger partial charge on any atom is -0.493 e. The van der Waals surface area contributed by atoms with E-state index in [9.17, 15) is 13.2 Å². The molecule has 8 heteroatoms. The van der Waals surface area contributed by atoms with Gasteiger partial charge in [0.05, 0.1) is 19.9 Å². The average Bonchev–Trinajstić information content (AvgIpc) is 3.13. The lowest BCUT2D eigenvalue weighted by Crippen LogP contribution is -2.39. The van der Waals surface area contributed by atoms with Gasteiger partial charge in [0.25, 0.3) is 0 Å². The molecule has 0 bridgehead atoms. The van der Waals surface area contributed by atoms with Crippen molar-refractivity contribution in [2.45, 2.75) is 38.1 Å². The van der Waals surface area contributed by atoms with Crippen LogP contribution in [0.25, 0.3) is 22.4 Å². The summed E-state index contributed by atoms with van der Waals surface area (Å²) >= 11 is 3.44. The number of nitrogens with zero attached hydrogens (tertiary/aromatic N) is 1. The van der Waals surface area contributed by atoms with Crippen molar-refractivity contribution in [1.29, 1.82) is 0 Å². The predicted molar refractivity (Wildman–Crippen MR) is 119 cm³/mol. The summed E-state index contributed by atoms with van der Waals surface area (Å²) in [5, 5.41) is 0. The molecule has 2 aliphatic rings. The maximum absolute atomic E-state index is 14.2. The maximum atomic E-state index is 14.2. The molecule has 1 aromatic heterocycles. The van der Waals surface area contributed by atoms with Crippen LogP contribution in [0.3, 0.4) is 0 Å². The molecule has 168 valence electrons. The topological polar surface area (TPSA) is 32.6 Å². The Hall–Kier alpha value is -2.61. The first-order valence-corrected chi connectivity index (χ1v) is 10.9. The van der Waals surface area contributed by atoms with Crippen LogP contribution in [0.5, 0.6) is 17.2 Å². The molecule has 0 amide bonds. The Labute approximate surface area is 192 Å². The summed E-state index contributed by atoms with van der Waals surface area (Å²) < 4.78 is 61.7. The highest BCUT2D eigenvalue weighted by Gasteiger charge is 2.51. The van der Waals surface area contributed by atoms with Crippen LogP contribution in [-0.4, -0.2) is 25.0 Å². The lowest BCUT2D eigenvalue weighted by atomic mass is 9.85. The van der Waals surface area contributed by atoms with E-state index in [1.807, 2.05) is 32.0 Å². The highest BCUT2D eigenvalue weighted by atomic mass is 79.9. The molecule has 0 aliphatic carbocycles. The summed E-state index contributed by atoms with van der Waals surface area (Å²) in [6.45, 7) is 3.89. The zero-order chi connectivity index (χ0) is 23.0. The van der Waals surface area contributed by atoms with Gasteiger partial charge in [0, 0.05) is 32.4 Å². The van der Waals surface area contributed by atoms with Crippen LogP contribution in [0.15, 0.2) is 40.9 Å². The number of hydrogen-bond acceptors (Lipinski definition) is 3. The fraction of sp³-hybridized carbons (Fsp3) is 0.333. The molecule has 1 unspecified atom stereocenters. The Bertz CT molecular complexity index is 1250. The van der Waals surface area contributed by atoms with E-state index in [4.69, 9.17) is 14.2 Å². The number of ether oxygens (including phenoxy) is 3. The molecule has 2 aromatic carbocycles. The fourth-order valence-electron chi connectivity index (χ4n) is 4.92. The normalized spacial score (nSPS) is 18.1. The standard InChI is InChI=1S/C24H21BrF3NO3/c1-23(2)11-12-7-19(30-3)20(31-4)10-14(12)17-9-16-15-8-13(25)5-6-18(15)32-22(24(26,27)28)21(16)29(17)23/h5-10,22H,11H2,1-4H3. The number of halogens is 4. The van der Waals surface area contributed by atoms with Crippen LogP contribution in [-0.2, 0) is 12.0 Å². The van der Waals surface area contributed by atoms with Crippen molar-refractivity contribution in [3.8, 4) is 39.6 Å². The second-order valence-corrected chi connectivity index (χ2v) is 9.61. The third-order valence-electron chi connectivity index (χ3n) is 6.17. The maximum Gasteiger partial charge on any atom is 0.431 e. The number of rotatable bonds is 2. The number of methoxy groups -OCH3 is 2. The van der Waals surface area contributed by atoms with Crippen molar-refractivity contribution in [3.05, 3.63) is 52.1 Å². The van der Waals surface area contributed by atoms with Gasteiger partial charge < -0.3 is 18.8 Å². The monoisotopic (exact) mass is 507 g/mol. The van der Waals surface area contributed by atoms with Gasteiger partial charge in [-0.25, -0.2) is 0 Å². The molecule has 32 heavy (non-hydrogen) atoms. The van der Waals surface area contributed by atoms with E-state index in [1.165, 1.54) is 0 Å². The Morgan fingerprint density at radius 2 is 1.69 bits per heavy atom. The summed E-state index contributed by atoms with van der Waals surface area (Å²) in [5.74, 6) is 1.34. The van der Waals surface area contributed by atoms with Gasteiger partial charge in [-0.15, -0.1) is 0 Å². The molecule has 0 fully saturated rings. The SMILES string of the molecule is COc1cc2c(cc1OC)-c1cc3c(n1C(C)(C)C2)C(C(F)(F)F)Oc1ccc(Br)cc1-3. The van der Waals surface area contributed by atoms with Gasteiger partial charge in [-0.05, 0) is 62.2 Å². The van der Waals surface area contributed by atoms with Crippen LogP contribution < -0.4 is 14.2 Å². The second kappa shape index (κ2) is 6.94. The molecule has 0 spiro atoms. The van der Waals surface area contributed by atoms with E-state index < -0.39 is 17.8 Å². The van der Waals surface area contributed by atoms with Crippen LogP contribution in [0, 0.1) is 0 Å². The first-order chi connectivity index (χ1) is 15.0. The number of hydrogen-bond donors (Lipinski definition) is 0. The molecule has 1 atom stereocenters. The number of alkyl halides is 3. The molecule has 4 nitrogen and oxygen atoms in total. The molecule has 2 aliphatic heterocycles. The molecule has 3 aromatic rings. The van der Waals surface area contributed by atoms with E-state index in [-0.39, 0.29) is 11.4 Å². The third-order valence-corrected chi connectivity index (χ3v) is 6.67. The average molecular weight is 508 g/mol. The zero-order valence-electron chi connectivity index (χ0n) is 17.9. The molecule has 3 heterocycles. The van der Waals surface area contributed by atoms with Crippen molar-refractivity contribution in [1.82, 2.24) is 4.57 Å². The number of fused-ring (bicyclic) bond motifs is 7. The Kier molecular flexibility index (Phi) is 4.61. The smallest absolute Gasteiger partial charge is 0.431 e. The number of benzene rings is 2. The van der Waals surface area contributed by atoms with Gasteiger partial charge in [-0.3, -0.25) is 0 Å². The minimum atomic E-state index is -4.57. The van der Waals surface area contributed by atoms with Crippen LogP contribution in [0.4, 0.5) is 13.2 Å². The van der Waals surface area contributed by atoms with Gasteiger partial charge in [0.15, 0.2) is 11.5 Å². The van der Waals surface area contributed by atoms with Crippen molar-refractivity contribution >= 4 is 15.9 Å². The second-order valence-electron chi connectivity index (χ2n) is 8.70. The van der Waals surface area contributed by atoms with Crippen molar-refractivity contribution in [2.75, 3.05) is 14.2 Å². The summed E-state index contributed by atoms with van der Waals surface area (Å²) in [6.07, 6.45) is -6.09. The van der Waals surface area contributed by atoms with E-state index in [0.29, 0.717) is 34.7 Å². The fourth-order valence-corrected chi connectivity index (χ4v) is 5.28. The van der Waals surface area contributed by atoms with Crippen LogP contribution in [0.2, 0.25) is 0 Å². The molecule has 0 radical (unpaired) electrons. The minimum absolute atomic E-state index is 0.128. The predicted octanol–water partition coefficient (Wildman–Crippen LogP) is 6.89. The Morgan fingerprint density at radius 1 is 1.00 bits per heavy atom. The van der Waals surface area contributed by atoms with Crippen molar-refractivity contribution in [2.24, 2.45) is 0 Å². The van der Waals surface area contributed by atoms with E-state index >= 15 is 0 Å². The number of aromatic nitrogens is 1. The first-order valence-electron chi connectivity index (χ1n) is 10.1. The summed E-state index contributed by atoms with van der Waals surface area (Å²) in [6, 6.07) is 10.6. The Morgan fingerprint density at radius 3 is 2.34 bits per heavy atom. The van der Waals surface area contributed by atoms with Crippen molar-refractivity contribution in [3.63, 3.8) is 0 Å². The van der Waals surface area contributed by atoms with Gasteiger partial charge >= 0.3 is 6.18 Å². The molecular weight excluding hydrogens is 487 g/mol. The van der Waals surface area contributed by atoms with Gasteiger partial charge in [-0.2, -0.15) is 13.2 Å². The van der Waals surface area contributed by atoms with Gasteiger partial charge in [-0.1, -0.05) is 15.9 Å². The van der Waals surface area contributed by atoms with E-state index in [1.54, 1.807) is 37.0 Å². The quantitative estimate of drug-likeness (QED) is 0.378. The lowest BCUT2D eigenvalue weighted by Gasteiger charge is -2.39. The highest BCUT2D eigenvalue weighted by Crippen LogP contribution is 2.55.